The fourth-order valence-corrected chi connectivity index (χ4v) is 3.27. The van der Waals surface area contributed by atoms with Crippen LogP contribution in [-0.2, 0) is 4.74 Å². The van der Waals surface area contributed by atoms with E-state index in [9.17, 15) is 5.11 Å². The van der Waals surface area contributed by atoms with E-state index in [1.54, 1.807) is 11.3 Å². The summed E-state index contributed by atoms with van der Waals surface area (Å²) in [6.07, 6.45) is 1.53. The largest absolute Gasteiger partial charge is 0.386 e. The number of aliphatic hydroxyl groups excluding tert-OH is 1. The van der Waals surface area contributed by atoms with Crippen molar-refractivity contribution in [1.29, 1.82) is 0 Å². The molecule has 1 aromatic carbocycles. The maximum atomic E-state index is 10.3. The highest BCUT2D eigenvalue weighted by Gasteiger charge is 2.27. The summed E-state index contributed by atoms with van der Waals surface area (Å²) in [5.41, 5.74) is 1.02. The summed E-state index contributed by atoms with van der Waals surface area (Å²) in [5, 5.41) is 13.5. The molecule has 2 unspecified atom stereocenters. The van der Waals surface area contributed by atoms with Gasteiger partial charge in [-0.05, 0) is 29.7 Å². The van der Waals surface area contributed by atoms with Crippen LogP contribution in [0.2, 0.25) is 0 Å². The van der Waals surface area contributed by atoms with Gasteiger partial charge in [0.05, 0.1) is 6.10 Å². The fourth-order valence-electron chi connectivity index (χ4n) is 2.28. The molecule has 2 atom stereocenters. The van der Waals surface area contributed by atoms with Gasteiger partial charge in [-0.2, -0.15) is 0 Å². The Bertz CT molecular complexity index is 485. The number of benzene rings is 1. The molecule has 0 amide bonds. The summed E-state index contributed by atoms with van der Waals surface area (Å²) in [4.78, 5) is 0. The van der Waals surface area contributed by atoms with E-state index in [2.05, 4.69) is 17.5 Å². The molecule has 0 radical (unpaired) electrons. The average molecular weight is 234 g/mol. The van der Waals surface area contributed by atoms with Crippen molar-refractivity contribution < 1.29 is 9.84 Å². The van der Waals surface area contributed by atoms with Gasteiger partial charge < -0.3 is 9.84 Å². The van der Waals surface area contributed by atoms with Crippen molar-refractivity contribution in [2.45, 2.75) is 25.0 Å². The minimum atomic E-state index is -0.473. The van der Waals surface area contributed by atoms with Gasteiger partial charge in [0.1, 0.15) is 6.10 Å². The molecule has 3 rings (SSSR count). The Morgan fingerprint density at radius 2 is 2.25 bits per heavy atom. The maximum absolute atomic E-state index is 10.3. The molecule has 1 N–H and O–H groups in total. The number of aliphatic hydroxyl groups is 1. The first-order valence-corrected chi connectivity index (χ1v) is 6.50. The van der Waals surface area contributed by atoms with E-state index in [1.165, 1.54) is 4.70 Å². The quantitative estimate of drug-likeness (QED) is 0.865. The van der Waals surface area contributed by atoms with Crippen molar-refractivity contribution in [2.24, 2.45) is 0 Å². The third-order valence-corrected chi connectivity index (χ3v) is 4.13. The molecule has 0 spiro atoms. The number of thiophene rings is 1. The topological polar surface area (TPSA) is 29.5 Å². The van der Waals surface area contributed by atoms with Gasteiger partial charge in [0.2, 0.25) is 0 Å². The van der Waals surface area contributed by atoms with E-state index < -0.39 is 6.10 Å². The first-order valence-electron chi connectivity index (χ1n) is 5.62. The normalized spacial score (nSPS) is 22.7. The first-order chi connectivity index (χ1) is 7.86. The van der Waals surface area contributed by atoms with Gasteiger partial charge in [0.25, 0.3) is 0 Å². The molecule has 1 saturated heterocycles. The summed E-state index contributed by atoms with van der Waals surface area (Å²) in [7, 11) is 0. The third-order valence-electron chi connectivity index (χ3n) is 3.15. The van der Waals surface area contributed by atoms with Crippen LogP contribution >= 0.6 is 11.3 Å². The Morgan fingerprint density at radius 3 is 3.06 bits per heavy atom. The van der Waals surface area contributed by atoms with Crippen LogP contribution in [-0.4, -0.2) is 17.8 Å². The number of hydrogen-bond acceptors (Lipinski definition) is 3. The van der Waals surface area contributed by atoms with E-state index in [0.29, 0.717) is 0 Å². The molecule has 2 heterocycles. The lowest BCUT2D eigenvalue weighted by molar-refractivity contribution is -0.00169. The molecule has 1 fully saturated rings. The second-order valence-corrected chi connectivity index (χ2v) is 5.09. The SMILES string of the molecule is OC(c1csc2ccccc12)C1CCCO1. The van der Waals surface area contributed by atoms with Crippen molar-refractivity contribution in [3.63, 3.8) is 0 Å². The van der Waals surface area contributed by atoms with Crippen LogP contribution in [0.25, 0.3) is 10.1 Å². The molecule has 3 heteroatoms. The highest BCUT2D eigenvalue weighted by Crippen LogP contribution is 2.34. The molecule has 0 bridgehead atoms. The molecular weight excluding hydrogens is 220 g/mol. The molecule has 16 heavy (non-hydrogen) atoms. The molecule has 0 aliphatic carbocycles. The zero-order valence-electron chi connectivity index (χ0n) is 8.93. The summed E-state index contributed by atoms with van der Waals surface area (Å²) in [5.74, 6) is 0. The minimum absolute atomic E-state index is 0.0157. The number of fused-ring (bicyclic) bond motifs is 1. The predicted octanol–water partition coefficient (Wildman–Crippen LogP) is 3.11. The van der Waals surface area contributed by atoms with Crippen molar-refractivity contribution in [1.82, 2.24) is 0 Å². The maximum Gasteiger partial charge on any atom is 0.107 e. The zero-order valence-corrected chi connectivity index (χ0v) is 9.74. The summed E-state index contributed by atoms with van der Waals surface area (Å²) >= 11 is 1.69. The van der Waals surface area contributed by atoms with E-state index in [0.717, 1.165) is 30.4 Å². The van der Waals surface area contributed by atoms with E-state index >= 15 is 0 Å². The van der Waals surface area contributed by atoms with Crippen LogP contribution in [0, 0.1) is 0 Å². The van der Waals surface area contributed by atoms with Crippen LogP contribution in [0.4, 0.5) is 0 Å². The molecule has 1 aromatic heterocycles. The second kappa shape index (κ2) is 4.17. The zero-order chi connectivity index (χ0) is 11.0. The Hall–Kier alpha value is -0.900. The molecule has 1 aliphatic heterocycles. The Morgan fingerprint density at radius 1 is 1.38 bits per heavy atom. The molecular formula is C13H14O2S. The van der Waals surface area contributed by atoms with Gasteiger partial charge in [0.15, 0.2) is 0 Å². The monoisotopic (exact) mass is 234 g/mol. The molecule has 84 valence electrons. The molecule has 2 aromatic rings. The lowest BCUT2D eigenvalue weighted by Crippen LogP contribution is -2.16. The smallest absolute Gasteiger partial charge is 0.107 e. The molecule has 0 saturated carbocycles. The Kier molecular flexibility index (Phi) is 2.67. The van der Waals surface area contributed by atoms with Crippen molar-refractivity contribution in [3.8, 4) is 0 Å². The van der Waals surface area contributed by atoms with Gasteiger partial charge in [-0.3, -0.25) is 0 Å². The second-order valence-electron chi connectivity index (χ2n) is 4.18. The van der Waals surface area contributed by atoms with Crippen molar-refractivity contribution in [2.75, 3.05) is 6.61 Å². The van der Waals surface area contributed by atoms with Gasteiger partial charge in [-0.15, -0.1) is 11.3 Å². The predicted molar refractivity (Wildman–Crippen MR) is 65.8 cm³/mol. The van der Waals surface area contributed by atoms with Gasteiger partial charge in [-0.25, -0.2) is 0 Å². The molecule has 2 nitrogen and oxygen atoms in total. The molecule has 1 aliphatic rings. The van der Waals surface area contributed by atoms with E-state index in [1.807, 2.05) is 12.1 Å². The standard InChI is InChI=1S/C13H14O2S/c14-13(11-5-3-7-15-11)10-8-16-12-6-2-1-4-9(10)12/h1-2,4,6,8,11,13-14H,3,5,7H2. The van der Waals surface area contributed by atoms with Crippen molar-refractivity contribution in [3.05, 3.63) is 35.2 Å². The first kappa shape index (κ1) is 10.3. The van der Waals surface area contributed by atoms with E-state index in [-0.39, 0.29) is 6.10 Å². The summed E-state index contributed by atoms with van der Waals surface area (Å²) < 4.78 is 6.77. The number of rotatable bonds is 2. The lowest BCUT2D eigenvalue weighted by Gasteiger charge is -2.16. The van der Waals surface area contributed by atoms with Gasteiger partial charge >= 0.3 is 0 Å². The summed E-state index contributed by atoms with van der Waals surface area (Å²) in [6, 6.07) is 8.20. The average Bonchev–Trinajstić information content (AvgIpc) is 2.98. The Labute approximate surface area is 98.5 Å². The van der Waals surface area contributed by atoms with Gasteiger partial charge in [-0.1, -0.05) is 18.2 Å². The highest BCUT2D eigenvalue weighted by molar-refractivity contribution is 7.17. The highest BCUT2D eigenvalue weighted by atomic mass is 32.1. The number of hydrogen-bond donors (Lipinski definition) is 1. The van der Waals surface area contributed by atoms with Crippen molar-refractivity contribution >= 4 is 21.4 Å². The van der Waals surface area contributed by atoms with Crippen LogP contribution in [0.1, 0.15) is 24.5 Å². The fraction of sp³-hybridized carbons (Fsp3) is 0.385. The number of ether oxygens (including phenoxy) is 1. The van der Waals surface area contributed by atoms with E-state index in [4.69, 9.17) is 4.74 Å². The summed E-state index contributed by atoms with van der Waals surface area (Å²) in [6.45, 7) is 0.782. The third kappa shape index (κ3) is 1.65. The van der Waals surface area contributed by atoms with Crippen LogP contribution in [0.5, 0.6) is 0 Å². The minimum Gasteiger partial charge on any atom is -0.386 e. The Balaban J connectivity index is 1.98. The van der Waals surface area contributed by atoms with Crippen LogP contribution in [0.3, 0.4) is 0 Å². The van der Waals surface area contributed by atoms with Crippen LogP contribution < -0.4 is 0 Å². The lowest BCUT2D eigenvalue weighted by atomic mass is 10.0. The van der Waals surface area contributed by atoms with Gasteiger partial charge in [0, 0.05) is 16.9 Å². The van der Waals surface area contributed by atoms with Crippen LogP contribution in [0.15, 0.2) is 29.6 Å².